The number of hydrogen-bond acceptors (Lipinski definition) is 4. The lowest BCUT2D eigenvalue weighted by atomic mass is 9.98. The number of benzene rings is 1. The molecule has 2 bridgehead atoms. The Balaban J connectivity index is 0.00000208. The van der Waals surface area contributed by atoms with Gasteiger partial charge in [-0.15, -0.1) is 12.4 Å². The highest BCUT2D eigenvalue weighted by atomic mass is 35.5. The Morgan fingerprint density at radius 2 is 1.88 bits per heavy atom. The molecule has 7 heteroatoms. The van der Waals surface area contributed by atoms with Gasteiger partial charge in [-0.2, -0.15) is 8.78 Å². The van der Waals surface area contributed by atoms with Crippen molar-refractivity contribution in [2.75, 3.05) is 14.2 Å². The van der Waals surface area contributed by atoms with Crippen LogP contribution in [-0.2, 0) is 6.54 Å². The number of methoxy groups -OCH3 is 1. The zero-order valence-electron chi connectivity index (χ0n) is 14.0. The third kappa shape index (κ3) is 4.49. The van der Waals surface area contributed by atoms with Crippen molar-refractivity contribution in [2.45, 2.75) is 57.0 Å². The number of hydrogen-bond donors (Lipinski definition) is 1. The van der Waals surface area contributed by atoms with Crippen molar-refractivity contribution < 1.29 is 18.3 Å². The molecule has 2 aliphatic heterocycles. The first-order valence-electron chi connectivity index (χ1n) is 8.13. The van der Waals surface area contributed by atoms with Crippen LogP contribution in [-0.4, -0.2) is 43.8 Å². The van der Waals surface area contributed by atoms with E-state index in [1.807, 2.05) is 6.07 Å². The Morgan fingerprint density at radius 1 is 1.21 bits per heavy atom. The fourth-order valence-electron chi connectivity index (χ4n) is 3.81. The van der Waals surface area contributed by atoms with E-state index in [-0.39, 0.29) is 18.2 Å². The molecule has 2 atom stereocenters. The van der Waals surface area contributed by atoms with Crippen molar-refractivity contribution in [3.63, 3.8) is 0 Å². The molecule has 0 aliphatic carbocycles. The molecular formula is C17H25ClF2N2O2. The predicted octanol–water partition coefficient (Wildman–Crippen LogP) is 3.43. The van der Waals surface area contributed by atoms with Gasteiger partial charge in [0.25, 0.3) is 0 Å². The first kappa shape index (κ1) is 19.2. The van der Waals surface area contributed by atoms with Crippen molar-refractivity contribution in [3.05, 3.63) is 23.8 Å². The summed E-state index contributed by atoms with van der Waals surface area (Å²) in [4.78, 5) is 2.36. The van der Waals surface area contributed by atoms with E-state index >= 15 is 0 Å². The SMILES string of the molecule is COc1cc(CN(C)C2CC3CCC(C2)N3)ccc1OC(F)F.Cl. The van der Waals surface area contributed by atoms with Gasteiger partial charge in [-0.1, -0.05) is 6.07 Å². The smallest absolute Gasteiger partial charge is 0.387 e. The second-order valence-electron chi connectivity index (χ2n) is 6.54. The standard InChI is InChI=1S/C17H24F2N2O2.ClH/c1-21(14-8-12-4-5-13(9-14)20-12)10-11-3-6-15(23-17(18)19)16(7-11)22-2;/h3,6-7,12-14,17,20H,4-5,8-10H2,1-2H3;1H. The maximum atomic E-state index is 12.4. The average molecular weight is 363 g/mol. The van der Waals surface area contributed by atoms with Crippen LogP contribution in [0, 0.1) is 0 Å². The van der Waals surface area contributed by atoms with E-state index < -0.39 is 6.61 Å². The van der Waals surface area contributed by atoms with Crippen molar-refractivity contribution in [2.24, 2.45) is 0 Å². The van der Waals surface area contributed by atoms with Crippen LogP contribution < -0.4 is 14.8 Å². The Kier molecular flexibility index (Phi) is 6.66. The molecule has 3 rings (SSSR count). The summed E-state index contributed by atoms with van der Waals surface area (Å²) in [6.45, 7) is -2.07. The van der Waals surface area contributed by atoms with E-state index in [0.29, 0.717) is 23.9 Å². The van der Waals surface area contributed by atoms with Gasteiger partial charge in [-0.05, 0) is 50.4 Å². The first-order chi connectivity index (χ1) is 11.0. The average Bonchev–Trinajstić information content (AvgIpc) is 2.86. The van der Waals surface area contributed by atoms with Crippen molar-refractivity contribution in [1.82, 2.24) is 10.2 Å². The number of fused-ring (bicyclic) bond motifs is 2. The monoisotopic (exact) mass is 362 g/mol. The molecule has 0 saturated carbocycles. The van der Waals surface area contributed by atoms with Crippen LogP contribution in [0.15, 0.2) is 18.2 Å². The zero-order chi connectivity index (χ0) is 16.4. The quantitative estimate of drug-likeness (QED) is 0.840. The minimum Gasteiger partial charge on any atom is -0.493 e. The third-order valence-electron chi connectivity index (χ3n) is 4.95. The summed E-state index contributed by atoms with van der Waals surface area (Å²) in [6, 6.07) is 7.03. The molecule has 2 aliphatic rings. The Bertz CT molecular complexity index is 535. The zero-order valence-corrected chi connectivity index (χ0v) is 14.8. The van der Waals surface area contributed by atoms with E-state index in [9.17, 15) is 8.78 Å². The number of rotatable bonds is 6. The van der Waals surface area contributed by atoms with E-state index in [4.69, 9.17) is 4.74 Å². The van der Waals surface area contributed by atoms with Gasteiger partial charge in [-0.25, -0.2) is 0 Å². The maximum absolute atomic E-state index is 12.4. The highest BCUT2D eigenvalue weighted by molar-refractivity contribution is 5.85. The van der Waals surface area contributed by atoms with E-state index in [1.165, 1.54) is 32.8 Å². The minimum absolute atomic E-state index is 0. The molecule has 136 valence electrons. The lowest BCUT2D eigenvalue weighted by Gasteiger charge is -2.35. The van der Waals surface area contributed by atoms with Crippen LogP contribution in [0.1, 0.15) is 31.2 Å². The van der Waals surface area contributed by atoms with Gasteiger partial charge in [-0.3, -0.25) is 4.90 Å². The van der Waals surface area contributed by atoms with Crippen LogP contribution in [0.2, 0.25) is 0 Å². The van der Waals surface area contributed by atoms with Crippen molar-refractivity contribution >= 4 is 12.4 Å². The fourth-order valence-corrected chi connectivity index (χ4v) is 3.81. The number of ether oxygens (including phenoxy) is 2. The topological polar surface area (TPSA) is 33.7 Å². The van der Waals surface area contributed by atoms with E-state index in [1.54, 1.807) is 12.1 Å². The van der Waals surface area contributed by atoms with Gasteiger partial charge in [0.2, 0.25) is 0 Å². The summed E-state index contributed by atoms with van der Waals surface area (Å²) >= 11 is 0. The molecule has 2 fully saturated rings. The van der Waals surface area contributed by atoms with Crippen molar-refractivity contribution in [1.29, 1.82) is 0 Å². The van der Waals surface area contributed by atoms with Gasteiger partial charge in [0.05, 0.1) is 7.11 Å². The van der Waals surface area contributed by atoms with Crippen LogP contribution in [0.3, 0.4) is 0 Å². The highest BCUT2D eigenvalue weighted by Crippen LogP contribution is 2.32. The molecule has 1 N–H and O–H groups in total. The first-order valence-corrected chi connectivity index (χ1v) is 8.13. The summed E-state index contributed by atoms with van der Waals surface area (Å²) in [5, 5.41) is 3.65. The van der Waals surface area contributed by atoms with Crippen LogP contribution >= 0.6 is 12.4 Å². The molecule has 2 heterocycles. The van der Waals surface area contributed by atoms with Gasteiger partial charge >= 0.3 is 6.61 Å². The molecule has 2 saturated heterocycles. The molecule has 4 nitrogen and oxygen atoms in total. The largest absolute Gasteiger partial charge is 0.493 e. The summed E-state index contributed by atoms with van der Waals surface area (Å²) in [5.74, 6) is 0.426. The molecule has 2 unspecified atom stereocenters. The van der Waals surface area contributed by atoms with E-state index in [0.717, 1.165) is 12.1 Å². The van der Waals surface area contributed by atoms with Crippen molar-refractivity contribution in [3.8, 4) is 11.5 Å². The van der Waals surface area contributed by atoms with Crippen LogP contribution in [0.25, 0.3) is 0 Å². The Morgan fingerprint density at radius 3 is 2.46 bits per heavy atom. The summed E-state index contributed by atoms with van der Waals surface area (Å²) < 4.78 is 34.4. The predicted molar refractivity (Wildman–Crippen MR) is 91.3 cm³/mol. The van der Waals surface area contributed by atoms with Gasteiger partial charge in [0.1, 0.15) is 0 Å². The lowest BCUT2D eigenvalue weighted by molar-refractivity contribution is -0.0512. The van der Waals surface area contributed by atoms with Gasteiger partial charge in [0.15, 0.2) is 11.5 Å². The summed E-state index contributed by atoms with van der Waals surface area (Å²) in [7, 11) is 3.59. The van der Waals surface area contributed by atoms with Crippen LogP contribution in [0.4, 0.5) is 8.78 Å². The maximum Gasteiger partial charge on any atom is 0.387 e. The second-order valence-corrected chi connectivity index (χ2v) is 6.54. The molecule has 0 radical (unpaired) electrons. The third-order valence-corrected chi connectivity index (χ3v) is 4.95. The number of halogens is 3. The molecular weight excluding hydrogens is 338 g/mol. The normalized spacial score (nSPS) is 25.7. The van der Waals surface area contributed by atoms with Crippen LogP contribution in [0.5, 0.6) is 11.5 Å². The lowest BCUT2D eigenvalue weighted by Crippen LogP contribution is -2.46. The number of nitrogens with one attached hydrogen (secondary N) is 1. The van der Waals surface area contributed by atoms with Gasteiger partial charge < -0.3 is 14.8 Å². The minimum atomic E-state index is -2.84. The number of piperidine rings is 1. The Hall–Kier alpha value is -1.11. The molecule has 24 heavy (non-hydrogen) atoms. The Labute approximate surface area is 147 Å². The molecule has 1 aromatic carbocycles. The molecule has 1 aromatic rings. The molecule has 0 spiro atoms. The summed E-state index contributed by atoms with van der Waals surface area (Å²) in [5.41, 5.74) is 1.04. The highest BCUT2D eigenvalue weighted by Gasteiger charge is 2.34. The molecule has 0 amide bonds. The fraction of sp³-hybridized carbons (Fsp3) is 0.647. The number of nitrogens with zero attached hydrogens (tertiary/aromatic N) is 1. The van der Waals surface area contributed by atoms with Gasteiger partial charge in [0, 0.05) is 24.7 Å². The second kappa shape index (κ2) is 8.32. The number of alkyl halides is 2. The van der Waals surface area contributed by atoms with E-state index in [2.05, 4.69) is 22.0 Å². The summed E-state index contributed by atoms with van der Waals surface area (Å²) in [6.07, 6.45) is 4.92. The molecule has 0 aromatic heterocycles.